The van der Waals surface area contributed by atoms with Crippen LogP contribution in [0.5, 0.6) is 5.75 Å². The highest BCUT2D eigenvalue weighted by atomic mass is 35.5. The Morgan fingerprint density at radius 2 is 1.67 bits per heavy atom. The lowest BCUT2D eigenvalue weighted by Gasteiger charge is -2.19. The van der Waals surface area contributed by atoms with Crippen LogP contribution in [0.25, 0.3) is 0 Å². The number of ether oxygens (including phenoxy) is 1. The molecule has 8 nitrogen and oxygen atoms in total. The average molecular weight is 562 g/mol. The van der Waals surface area contributed by atoms with Crippen molar-refractivity contribution >= 4 is 52.2 Å². The van der Waals surface area contributed by atoms with Crippen LogP contribution in [-0.2, 0) is 4.79 Å². The van der Waals surface area contributed by atoms with E-state index in [0.717, 1.165) is 16.0 Å². The van der Waals surface area contributed by atoms with E-state index in [2.05, 4.69) is 10.6 Å². The Labute approximate surface area is 234 Å². The van der Waals surface area contributed by atoms with E-state index >= 15 is 0 Å². The zero-order chi connectivity index (χ0) is 27.9. The second-order valence-corrected chi connectivity index (χ2v) is 10.1. The van der Waals surface area contributed by atoms with Crippen molar-refractivity contribution < 1.29 is 19.2 Å². The number of carbonyl (C=O) groups excluding carboxylic acids is 2. The number of rotatable bonds is 9. The van der Waals surface area contributed by atoms with E-state index in [9.17, 15) is 19.7 Å². The van der Waals surface area contributed by atoms with Gasteiger partial charge in [-0.2, -0.15) is 0 Å². The van der Waals surface area contributed by atoms with Gasteiger partial charge in [0.15, 0.2) is 0 Å². The summed E-state index contributed by atoms with van der Waals surface area (Å²) in [5.41, 5.74) is 2.66. The maximum absolute atomic E-state index is 13.5. The Morgan fingerprint density at radius 3 is 2.33 bits per heavy atom. The Bertz CT molecular complexity index is 1510. The SMILES string of the molecule is COc1cc(Cl)c(C)cc1NC(=O)C(Sc1ccc(NC(=O)c2cccc([N+](=O)[O-])c2)cc1)c1ccccc1. The quantitative estimate of drug-likeness (QED) is 0.126. The molecule has 0 heterocycles. The van der Waals surface area contributed by atoms with Gasteiger partial charge in [0.05, 0.1) is 17.7 Å². The number of nitrogens with one attached hydrogen (secondary N) is 2. The molecule has 39 heavy (non-hydrogen) atoms. The second-order valence-electron chi connectivity index (χ2n) is 8.49. The molecule has 4 aromatic rings. The van der Waals surface area contributed by atoms with E-state index in [0.29, 0.717) is 22.1 Å². The smallest absolute Gasteiger partial charge is 0.270 e. The van der Waals surface area contributed by atoms with Crippen molar-refractivity contribution in [3.8, 4) is 5.75 Å². The van der Waals surface area contributed by atoms with Crippen LogP contribution in [0.3, 0.4) is 0 Å². The van der Waals surface area contributed by atoms with Crippen molar-refractivity contribution in [1.82, 2.24) is 0 Å². The third-order valence-corrected chi connectivity index (χ3v) is 7.44. The molecular formula is C29H24ClN3O5S. The average Bonchev–Trinajstić information content (AvgIpc) is 2.94. The number of hydrogen-bond acceptors (Lipinski definition) is 6. The summed E-state index contributed by atoms with van der Waals surface area (Å²) in [6, 6.07) is 25.4. The van der Waals surface area contributed by atoms with Gasteiger partial charge in [-0.3, -0.25) is 19.7 Å². The standard InChI is InChI=1S/C29H24ClN3O5S/c1-18-15-25(26(38-2)17-24(18)30)32-29(35)27(19-7-4-3-5-8-19)39-23-13-11-21(12-14-23)31-28(34)20-9-6-10-22(16-20)33(36)37/h3-17,27H,1-2H3,(H,31,34)(H,32,35). The number of non-ortho nitro benzene ring substituents is 1. The molecule has 1 unspecified atom stereocenters. The van der Waals surface area contributed by atoms with Gasteiger partial charge in [-0.15, -0.1) is 11.8 Å². The van der Waals surface area contributed by atoms with Crippen LogP contribution in [0.2, 0.25) is 5.02 Å². The highest BCUT2D eigenvalue weighted by molar-refractivity contribution is 8.00. The molecule has 0 aromatic heterocycles. The van der Waals surface area contributed by atoms with Crippen molar-refractivity contribution in [3.05, 3.63) is 123 Å². The lowest BCUT2D eigenvalue weighted by atomic mass is 10.1. The van der Waals surface area contributed by atoms with Gasteiger partial charge in [0.25, 0.3) is 11.6 Å². The zero-order valence-electron chi connectivity index (χ0n) is 21.0. The number of benzene rings is 4. The largest absolute Gasteiger partial charge is 0.495 e. The number of aryl methyl sites for hydroxylation is 1. The number of methoxy groups -OCH3 is 1. The minimum atomic E-state index is -0.586. The molecule has 4 rings (SSSR count). The molecular weight excluding hydrogens is 538 g/mol. The number of hydrogen-bond donors (Lipinski definition) is 2. The van der Waals surface area contributed by atoms with E-state index in [1.165, 1.54) is 43.1 Å². The monoisotopic (exact) mass is 561 g/mol. The summed E-state index contributed by atoms with van der Waals surface area (Å²) in [4.78, 5) is 37.3. The van der Waals surface area contributed by atoms with Crippen LogP contribution >= 0.6 is 23.4 Å². The molecule has 198 valence electrons. The van der Waals surface area contributed by atoms with Crippen molar-refractivity contribution in [1.29, 1.82) is 0 Å². The van der Waals surface area contributed by atoms with Crippen LogP contribution in [-0.4, -0.2) is 23.8 Å². The van der Waals surface area contributed by atoms with E-state index in [1.807, 2.05) is 37.3 Å². The minimum absolute atomic E-state index is 0.161. The van der Waals surface area contributed by atoms with E-state index < -0.39 is 16.1 Å². The van der Waals surface area contributed by atoms with Crippen LogP contribution in [0.1, 0.15) is 26.7 Å². The van der Waals surface area contributed by atoms with Gasteiger partial charge in [-0.1, -0.05) is 48.0 Å². The number of nitro groups is 1. The summed E-state index contributed by atoms with van der Waals surface area (Å²) in [6.07, 6.45) is 0. The maximum Gasteiger partial charge on any atom is 0.270 e. The Hall–Kier alpha value is -4.34. The van der Waals surface area contributed by atoms with E-state index in [1.54, 1.807) is 36.4 Å². The van der Waals surface area contributed by atoms with Gasteiger partial charge < -0.3 is 15.4 Å². The normalized spacial score (nSPS) is 11.4. The fourth-order valence-electron chi connectivity index (χ4n) is 3.75. The molecule has 0 radical (unpaired) electrons. The van der Waals surface area contributed by atoms with Gasteiger partial charge in [0, 0.05) is 39.4 Å². The highest BCUT2D eigenvalue weighted by Gasteiger charge is 2.24. The molecule has 0 fully saturated rings. The molecule has 0 aliphatic carbocycles. The Kier molecular flexibility index (Phi) is 8.85. The van der Waals surface area contributed by atoms with Gasteiger partial charge in [-0.25, -0.2) is 0 Å². The predicted octanol–water partition coefficient (Wildman–Crippen LogP) is 7.29. The van der Waals surface area contributed by atoms with Crippen molar-refractivity contribution in [2.24, 2.45) is 0 Å². The molecule has 2 N–H and O–H groups in total. The highest BCUT2D eigenvalue weighted by Crippen LogP contribution is 2.38. The summed E-state index contributed by atoms with van der Waals surface area (Å²) in [6.45, 7) is 1.85. The summed E-state index contributed by atoms with van der Waals surface area (Å²) >= 11 is 7.57. The number of nitrogens with zero attached hydrogens (tertiary/aromatic N) is 1. The van der Waals surface area contributed by atoms with Crippen molar-refractivity contribution in [2.45, 2.75) is 17.1 Å². The number of carbonyl (C=O) groups is 2. The molecule has 2 amide bonds. The Balaban J connectivity index is 1.52. The van der Waals surface area contributed by atoms with Crippen LogP contribution < -0.4 is 15.4 Å². The molecule has 0 bridgehead atoms. The third-order valence-electron chi connectivity index (χ3n) is 5.76. The first-order chi connectivity index (χ1) is 18.7. The number of thioether (sulfide) groups is 1. The first kappa shape index (κ1) is 27.7. The van der Waals surface area contributed by atoms with Gasteiger partial charge >= 0.3 is 0 Å². The number of anilines is 2. The summed E-state index contributed by atoms with van der Waals surface area (Å²) < 4.78 is 5.41. The predicted molar refractivity (Wildman–Crippen MR) is 154 cm³/mol. The molecule has 0 saturated heterocycles. The topological polar surface area (TPSA) is 111 Å². The molecule has 0 saturated carbocycles. The first-order valence-corrected chi connectivity index (χ1v) is 13.0. The lowest BCUT2D eigenvalue weighted by molar-refractivity contribution is -0.384. The van der Waals surface area contributed by atoms with Crippen LogP contribution in [0.4, 0.5) is 17.1 Å². The third kappa shape index (κ3) is 6.95. The molecule has 0 aliphatic rings. The molecule has 10 heteroatoms. The fourth-order valence-corrected chi connectivity index (χ4v) is 4.92. The number of amides is 2. The maximum atomic E-state index is 13.5. The van der Waals surface area contributed by atoms with Crippen molar-refractivity contribution in [2.75, 3.05) is 17.7 Å². The minimum Gasteiger partial charge on any atom is -0.495 e. The summed E-state index contributed by atoms with van der Waals surface area (Å²) in [5, 5.41) is 16.7. The second kappa shape index (κ2) is 12.5. The molecule has 4 aromatic carbocycles. The molecule has 1 atom stereocenters. The Morgan fingerprint density at radius 1 is 0.949 bits per heavy atom. The number of halogens is 1. The zero-order valence-corrected chi connectivity index (χ0v) is 22.6. The van der Waals surface area contributed by atoms with Gasteiger partial charge in [0.1, 0.15) is 11.0 Å². The lowest BCUT2D eigenvalue weighted by Crippen LogP contribution is -2.19. The summed E-state index contributed by atoms with van der Waals surface area (Å²) in [7, 11) is 1.51. The van der Waals surface area contributed by atoms with Gasteiger partial charge in [-0.05, 0) is 54.4 Å². The van der Waals surface area contributed by atoms with Crippen LogP contribution in [0, 0.1) is 17.0 Å². The number of nitro benzene ring substituents is 1. The van der Waals surface area contributed by atoms with Gasteiger partial charge in [0.2, 0.25) is 5.91 Å². The first-order valence-electron chi connectivity index (χ1n) is 11.8. The fraction of sp³-hybridized carbons (Fsp3) is 0.103. The molecule has 0 spiro atoms. The van der Waals surface area contributed by atoms with Crippen molar-refractivity contribution in [3.63, 3.8) is 0 Å². The summed E-state index contributed by atoms with van der Waals surface area (Å²) in [5.74, 6) is -0.248. The molecule has 0 aliphatic heterocycles. The van der Waals surface area contributed by atoms with Crippen LogP contribution in [0.15, 0.2) is 95.9 Å². The van der Waals surface area contributed by atoms with E-state index in [4.69, 9.17) is 16.3 Å². The van der Waals surface area contributed by atoms with E-state index in [-0.39, 0.29) is 17.2 Å².